The van der Waals surface area contributed by atoms with Gasteiger partial charge in [-0.2, -0.15) is 0 Å². The fraction of sp³-hybridized carbons (Fsp3) is 0.316. The lowest BCUT2D eigenvalue weighted by Crippen LogP contribution is -2.40. The van der Waals surface area contributed by atoms with Crippen LogP contribution in [0.5, 0.6) is 0 Å². The van der Waals surface area contributed by atoms with Crippen molar-refractivity contribution in [1.29, 1.82) is 0 Å². The van der Waals surface area contributed by atoms with Crippen LogP contribution in [0.15, 0.2) is 54.6 Å². The molecule has 4 heteroatoms. The monoisotopic (exact) mass is 328 g/mol. The molecule has 2 atom stereocenters. The quantitative estimate of drug-likeness (QED) is 0.918. The van der Waals surface area contributed by atoms with Gasteiger partial charge in [0.1, 0.15) is 0 Å². The first kappa shape index (κ1) is 16.0. The second-order valence-corrected chi connectivity index (χ2v) is 6.27. The van der Waals surface area contributed by atoms with Gasteiger partial charge in [-0.3, -0.25) is 4.79 Å². The fourth-order valence-electron chi connectivity index (χ4n) is 3.61. The number of nitrogens with zero attached hydrogens (tertiary/aromatic N) is 1. The number of halogens is 1. The number of carbonyl (C=O) groups is 1. The molecular formula is C19H21ClN2O. The van der Waals surface area contributed by atoms with Crippen molar-refractivity contribution >= 4 is 18.3 Å². The van der Waals surface area contributed by atoms with Gasteiger partial charge in [-0.15, -0.1) is 12.4 Å². The summed E-state index contributed by atoms with van der Waals surface area (Å²) >= 11 is 0. The van der Waals surface area contributed by atoms with Crippen LogP contribution in [-0.4, -0.2) is 23.4 Å². The molecule has 3 nitrogen and oxygen atoms in total. The zero-order valence-electron chi connectivity index (χ0n) is 12.9. The smallest absolute Gasteiger partial charge is 0.240 e. The molecule has 2 aromatic rings. The fourth-order valence-corrected chi connectivity index (χ4v) is 3.61. The Kier molecular flexibility index (Phi) is 4.69. The molecule has 1 saturated heterocycles. The van der Waals surface area contributed by atoms with Gasteiger partial charge in [0.05, 0.1) is 6.04 Å². The molecule has 2 aromatic carbocycles. The number of rotatable bonds is 2. The van der Waals surface area contributed by atoms with E-state index in [0.29, 0.717) is 5.92 Å². The van der Waals surface area contributed by atoms with Crippen molar-refractivity contribution in [3.63, 3.8) is 0 Å². The molecule has 0 spiro atoms. The van der Waals surface area contributed by atoms with E-state index < -0.39 is 0 Å². The lowest BCUT2D eigenvalue weighted by molar-refractivity contribution is -0.133. The predicted molar refractivity (Wildman–Crippen MR) is 93.5 cm³/mol. The van der Waals surface area contributed by atoms with Crippen molar-refractivity contribution in [2.24, 2.45) is 0 Å². The first-order valence-electron chi connectivity index (χ1n) is 7.95. The molecule has 1 N–H and O–H groups in total. The minimum Gasteiger partial charge on any atom is -0.333 e. The van der Waals surface area contributed by atoms with Crippen LogP contribution in [0.25, 0.3) is 0 Å². The van der Waals surface area contributed by atoms with Crippen LogP contribution in [-0.2, 0) is 17.9 Å². The van der Waals surface area contributed by atoms with Crippen LogP contribution in [0.1, 0.15) is 29.0 Å². The van der Waals surface area contributed by atoms with Crippen molar-refractivity contribution in [1.82, 2.24) is 10.2 Å². The second kappa shape index (κ2) is 6.73. The molecule has 0 saturated carbocycles. The zero-order valence-corrected chi connectivity index (χ0v) is 13.8. The standard InChI is InChI=1S/C19H20N2O.ClH/c22-19(21-12-15-8-4-5-9-16(15)13-21)18-10-17(11-20-18)14-6-2-1-3-7-14;/h1-9,17-18,20H,10-13H2;1H/t17-,18-;/m1./s1. The third kappa shape index (κ3) is 3.12. The summed E-state index contributed by atoms with van der Waals surface area (Å²) in [5.41, 5.74) is 3.90. The minimum absolute atomic E-state index is 0. The third-order valence-electron chi connectivity index (χ3n) is 4.85. The van der Waals surface area contributed by atoms with Crippen LogP contribution in [0, 0.1) is 0 Å². The van der Waals surface area contributed by atoms with E-state index in [0.717, 1.165) is 26.1 Å². The van der Waals surface area contributed by atoms with Gasteiger partial charge in [-0.25, -0.2) is 0 Å². The molecule has 2 heterocycles. The summed E-state index contributed by atoms with van der Waals surface area (Å²) in [7, 11) is 0. The van der Waals surface area contributed by atoms with Crippen molar-refractivity contribution in [3.05, 3.63) is 71.3 Å². The van der Waals surface area contributed by atoms with Gasteiger partial charge in [0.15, 0.2) is 0 Å². The molecular weight excluding hydrogens is 308 g/mol. The molecule has 2 aliphatic heterocycles. The maximum Gasteiger partial charge on any atom is 0.240 e. The summed E-state index contributed by atoms with van der Waals surface area (Å²) in [5.74, 6) is 0.690. The largest absolute Gasteiger partial charge is 0.333 e. The Hall–Kier alpha value is -1.84. The number of benzene rings is 2. The van der Waals surface area contributed by atoms with E-state index in [-0.39, 0.29) is 24.4 Å². The highest BCUT2D eigenvalue weighted by molar-refractivity contribution is 5.85. The first-order chi connectivity index (χ1) is 10.8. The van der Waals surface area contributed by atoms with Crippen LogP contribution >= 0.6 is 12.4 Å². The normalized spacial score (nSPS) is 22.5. The van der Waals surface area contributed by atoms with Crippen LogP contribution in [0.2, 0.25) is 0 Å². The highest BCUT2D eigenvalue weighted by Gasteiger charge is 2.34. The molecule has 0 radical (unpaired) electrons. The van der Waals surface area contributed by atoms with E-state index in [2.05, 4.69) is 41.7 Å². The summed E-state index contributed by atoms with van der Waals surface area (Å²) in [5, 5.41) is 3.42. The zero-order chi connectivity index (χ0) is 14.9. The molecule has 0 bridgehead atoms. The van der Waals surface area contributed by atoms with E-state index in [9.17, 15) is 4.79 Å². The van der Waals surface area contributed by atoms with Gasteiger partial charge in [-0.05, 0) is 29.0 Å². The first-order valence-corrected chi connectivity index (χ1v) is 7.95. The molecule has 4 rings (SSSR count). The van der Waals surface area contributed by atoms with Crippen molar-refractivity contribution in [2.45, 2.75) is 31.5 Å². The summed E-state index contributed by atoms with van der Waals surface area (Å²) < 4.78 is 0. The van der Waals surface area contributed by atoms with Gasteiger partial charge in [0.25, 0.3) is 0 Å². The highest BCUT2D eigenvalue weighted by Crippen LogP contribution is 2.29. The molecule has 23 heavy (non-hydrogen) atoms. The number of carbonyl (C=O) groups excluding carboxylic acids is 1. The minimum atomic E-state index is -0.0421. The molecule has 2 aliphatic rings. The Balaban J connectivity index is 0.00000156. The number of amides is 1. The van der Waals surface area contributed by atoms with Gasteiger partial charge < -0.3 is 10.2 Å². The van der Waals surface area contributed by atoms with Gasteiger partial charge >= 0.3 is 0 Å². The highest BCUT2D eigenvalue weighted by atomic mass is 35.5. The summed E-state index contributed by atoms with van der Waals surface area (Å²) in [6.07, 6.45) is 0.899. The van der Waals surface area contributed by atoms with Crippen molar-refractivity contribution < 1.29 is 4.79 Å². The topological polar surface area (TPSA) is 32.3 Å². The third-order valence-corrected chi connectivity index (χ3v) is 4.85. The lowest BCUT2D eigenvalue weighted by atomic mass is 9.96. The number of hydrogen-bond donors (Lipinski definition) is 1. The maximum absolute atomic E-state index is 12.8. The van der Waals surface area contributed by atoms with Gasteiger partial charge in [0, 0.05) is 19.6 Å². The lowest BCUT2D eigenvalue weighted by Gasteiger charge is -2.20. The van der Waals surface area contributed by atoms with Gasteiger partial charge in [0.2, 0.25) is 5.91 Å². The SMILES string of the molecule is Cl.O=C([C@H]1C[C@@H](c2ccccc2)CN1)N1Cc2ccccc2C1. The summed E-state index contributed by atoms with van der Waals surface area (Å²) in [6.45, 7) is 2.40. The van der Waals surface area contributed by atoms with E-state index in [1.807, 2.05) is 23.1 Å². The van der Waals surface area contributed by atoms with E-state index in [1.165, 1.54) is 16.7 Å². The van der Waals surface area contributed by atoms with Crippen LogP contribution in [0.4, 0.5) is 0 Å². The molecule has 0 aromatic heterocycles. The number of nitrogens with one attached hydrogen (secondary N) is 1. The van der Waals surface area contributed by atoms with E-state index >= 15 is 0 Å². The summed E-state index contributed by atoms with van der Waals surface area (Å²) in [6, 6.07) is 18.8. The van der Waals surface area contributed by atoms with Crippen molar-refractivity contribution in [2.75, 3.05) is 6.54 Å². The summed E-state index contributed by atoms with van der Waals surface area (Å²) in [4.78, 5) is 14.7. The molecule has 120 valence electrons. The average molecular weight is 329 g/mol. The van der Waals surface area contributed by atoms with Crippen LogP contribution < -0.4 is 5.32 Å². The van der Waals surface area contributed by atoms with E-state index in [4.69, 9.17) is 0 Å². The van der Waals surface area contributed by atoms with Crippen LogP contribution in [0.3, 0.4) is 0 Å². The van der Waals surface area contributed by atoms with Gasteiger partial charge in [-0.1, -0.05) is 54.6 Å². The predicted octanol–water partition coefficient (Wildman–Crippen LogP) is 3.10. The number of fused-ring (bicyclic) bond motifs is 1. The number of hydrogen-bond acceptors (Lipinski definition) is 2. The molecule has 0 unspecified atom stereocenters. The van der Waals surface area contributed by atoms with Crippen molar-refractivity contribution in [3.8, 4) is 0 Å². The average Bonchev–Trinajstić information content (AvgIpc) is 3.22. The Morgan fingerprint density at radius 1 is 0.957 bits per heavy atom. The Labute approximate surface area is 143 Å². The Bertz CT molecular complexity index is 664. The Morgan fingerprint density at radius 3 is 2.22 bits per heavy atom. The molecule has 0 aliphatic carbocycles. The molecule has 1 amide bonds. The molecule has 1 fully saturated rings. The van der Waals surface area contributed by atoms with E-state index in [1.54, 1.807) is 0 Å². The maximum atomic E-state index is 12.8. The second-order valence-electron chi connectivity index (χ2n) is 6.27. The Morgan fingerprint density at radius 2 is 1.57 bits per heavy atom.